The molecule has 0 radical (unpaired) electrons. The standard InChI is InChI=1S/C21H22F3N3O2/c22-16-7-8-18(17(23)13-16)25-19(28)14-26-9-4-10-27(12-11-26)21(29)20(24)15-5-2-1-3-6-15/h1-3,5-8,13,20H,4,9-12,14H2,(H,25,28). The summed E-state index contributed by atoms with van der Waals surface area (Å²) in [4.78, 5) is 27.9. The molecule has 1 fully saturated rings. The fraction of sp³-hybridized carbons (Fsp3) is 0.333. The van der Waals surface area contributed by atoms with E-state index in [-0.39, 0.29) is 12.2 Å². The van der Waals surface area contributed by atoms with E-state index < -0.39 is 29.6 Å². The van der Waals surface area contributed by atoms with Crippen LogP contribution in [-0.4, -0.2) is 54.3 Å². The van der Waals surface area contributed by atoms with Crippen LogP contribution >= 0.6 is 0 Å². The summed E-state index contributed by atoms with van der Waals surface area (Å²) in [6.07, 6.45) is -1.13. The fourth-order valence-corrected chi connectivity index (χ4v) is 3.26. The van der Waals surface area contributed by atoms with Crippen LogP contribution in [-0.2, 0) is 9.59 Å². The molecular formula is C21H22F3N3O2. The monoisotopic (exact) mass is 405 g/mol. The Balaban J connectivity index is 1.53. The number of nitrogens with one attached hydrogen (secondary N) is 1. The minimum atomic E-state index is -1.72. The molecule has 1 unspecified atom stereocenters. The van der Waals surface area contributed by atoms with Gasteiger partial charge in [-0.15, -0.1) is 0 Å². The maximum absolute atomic E-state index is 14.5. The van der Waals surface area contributed by atoms with Crippen molar-refractivity contribution in [2.75, 3.05) is 38.0 Å². The normalized spacial score (nSPS) is 16.2. The molecule has 2 aromatic carbocycles. The van der Waals surface area contributed by atoms with Gasteiger partial charge in [-0.25, -0.2) is 13.2 Å². The number of rotatable bonds is 5. The quantitative estimate of drug-likeness (QED) is 0.832. The summed E-state index contributed by atoms with van der Waals surface area (Å²) in [6.45, 7) is 1.63. The first-order chi connectivity index (χ1) is 13.9. The number of hydrogen-bond donors (Lipinski definition) is 1. The molecule has 1 saturated heterocycles. The van der Waals surface area contributed by atoms with E-state index in [1.54, 1.807) is 30.3 Å². The van der Waals surface area contributed by atoms with Crippen molar-refractivity contribution in [1.29, 1.82) is 0 Å². The topological polar surface area (TPSA) is 52.7 Å². The summed E-state index contributed by atoms with van der Waals surface area (Å²) in [5.41, 5.74) is 0.227. The van der Waals surface area contributed by atoms with Crippen molar-refractivity contribution in [3.8, 4) is 0 Å². The molecule has 5 nitrogen and oxygen atoms in total. The van der Waals surface area contributed by atoms with Crippen LogP contribution in [0.2, 0.25) is 0 Å². The Morgan fingerprint density at radius 3 is 2.48 bits per heavy atom. The van der Waals surface area contributed by atoms with Crippen molar-refractivity contribution < 1.29 is 22.8 Å². The van der Waals surface area contributed by atoms with E-state index in [1.165, 1.54) is 4.90 Å². The van der Waals surface area contributed by atoms with Crippen molar-refractivity contribution in [2.24, 2.45) is 0 Å². The molecule has 0 bridgehead atoms. The highest BCUT2D eigenvalue weighted by Gasteiger charge is 2.27. The molecule has 1 aliphatic heterocycles. The summed E-state index contributed by atoms with van der Waals surface area (Å²) in [6, 6.07) is 11.2. The molecule has 154 valence electrons. The number of anilines is 1. The number of benzene rings is 2. The first-order valence-corrected chi connectivity index (χ1v) is 9.39. The van der Waals surface area contributed by atoms with Crippen LogP contribution in [0, 0.1) is 11.6 Å². The summed E-state index contributed by atoms with van der Waals surface area (Å²) in [5.74, 6) is -2.60. The molecule has 0 spiro atoms. The van der Waals surface area contributed by atoms with Crippen LogP contribution in [0.25, 0.3) is 0 Å². The predicted octanol–water partition coefficient (Wildman–Crippen LogP) is 3.15. The second-order valence-electron chi connectivity index (χ2n) is 6.90. The molecule has 1 atom stereocenters. The van der Waals surface area contributed by atoms with Crippen LogP contribution in [0.5, 0.6) is 0 Å². The molecule has 0 aromatic heterocycles. The van der Waals surface area contributed by atoms with Gasteiger partial charge in [0.05, 0.1) is 12.2 Å². The van der Waals surface area contributed by atoms with Gasteiger partial charge >= 0.3 is 0 Å². The number of halogens is 3. The van der Waals surface area contributed by atoms with E-state index in [1.807, 2.05) is 4.90 Å². The fourth-order valence-electron chi connectivity index (χ4n) is 3.26. The van der Waals surface area contributed by atoms with Crippen molar-refractivity contribution in [3.05, 3.63) is 65.7 Å². The lowest BCUT2D eigenvalue weighted by molar-refractivity contribution is -0.136. The molecule has 1 aliphatic rings. The Morgan fingerprint density at radius 1 is 1.00 bits per heavy atom. The lowest BCUT2D eigenvalue weighted by atomic mass is 10.1. The Bertz CT molecular complexity index is 864. The molecule has 1 heterocycles. The molecular weight excluding hydrogens is 383 g/mol. The van der Waals surface area contributed by atoms with Gasteiger partial charge in [0.1, 0.15) is 11.6 Å². The van der Waals surface area contributed by atoms with Crippen LogP contribution in [0.15, 0.2) is 48.5 Å². The lowest BCUT2D eigenvalue weighted by Crippen LogP contribution is -2.39. The van der Waals surface area contributed by atoms with Gasteiger partial charge in [-0.05, 0) is 24.1 Å². The minimum absolute atomic E-state index is 0.00339. The van der Waals surface area contributed by atoms with Gasteiger partial charge in [0.15, 0.2) is 0 Å². The maximum atomic E-state index is 14.5. The van der Waals surface area contributed by atoms with E-state index in [4.69, 9.17) is 0 Å². The second-order valence-corrected chi connectivity index (χ2v) is 6.90. The molecule has 0 saturated carbocycles. The third-order valence-corrected chi connectivity index (χ3v) is 4.78. The third-order valence-electron chi connectivity index (χ3n) is 4.78. The Labute approximate surface area is 167 Å². The van der Waals surface area contributed by atoms with Crippen LogP contribution in [0.3, 0.4) is 0 Å². The van der Waals surface area contributed by atoms with Gasteiger partial charge in [0.25, 0.3) is 5.91 Å². The SMILES string of the molecule is O=C(CN1CCCN(C(=O)C(F)c2ccccc2)CC1)Nc1ccc(F)cc1F. The Kier molecular flexibility index (Phi) is 6.87. The largest absolute Gasteiger partial charge is 0.339 e. The molecule has 2 amide bonds. The average molecular weight is 405 g/mol. The number of carbonyl (C=O) groups is 2. The molecule has 1 N–H and O–H groups in total. The van der Waals surface area contributed by atoms with Crippen LogP contribution in [0.1, 0.15) is 18.2 Å². The van der Waals surface area contributed by atoms with Gasteiger partial charge in [0, 0.05) is 32.2 Å². The summed E-state index contributed by atoms with van der Waals surface area (Å²) in [5, 5.41) is 2.42. The highest BCUT2D eigenvalue weighted by Crippen LogP contribution is 2.21. The smallest absolute Gasteiger partial charge is 0.261 e. The van der Waals surface area contributed by atoms with Crippen molar-refractivity contribution in [2.45, 2.75) is 12.6 Å². The van der Waals surface area contributed by atoms with Crippen LogP contribution in [0.4, 0.5) is 18.9 Å². The van der Waals surface area contributed by atoms with Crippen molar-refractivity contribution in [1.82, 2.24) is 9.80 Å². The van der Waals surface area contributed by atoms with Gasteiger partial charge in [-0.2, -0.15) is 0 Å². The molecule has 29 heavy (non-hydrogen) atoms. The van der Waals surface area contributed by atoms with Crippen molar-refractivity contribution >= 4 is 17.5 Å². The number of hydrogen-bond acceptors (Lipinski definition) is 3. The van der Waals surface area contributed by atoms with Crippen molar-refractivity contribution in [3.63, 3.8) is 0 Å². The second kappa shape index (κ2) is 9.56. The average Bonchev–Trinajstić information content (AvgIpc) is 2.95. The lowest BCUT2D eigenvalue weighted by Gasteiger charge is -2.23. The molecule has 8 heteroatoms. The first kappa shape index (κ1) is 20.9. The minimum Gasteiger partial charge on any atom is -0.339 e. The van der Waals surface area contributed by atoms with Crippen LogP contribution < -0.4 is 5.32 Å². The third kappa shape index (κ3) is 5.57. The zero-order valence-corrected chi connectivity index (χ0v) is 15.8. The zero-order chi connectivity index (χ0) is 20.8. The van der Waals surface area contributed by atoms with Gasteiger partial charge in [-0.1, -0.05) is 30.3 Å². The highest BCUT2D eigenvalue weighted by atomic mass is 19.1. The predicted molar refractivity (Wildman–Crippen MR) is 103 cm³/mol. The maximum Gasteiger partial charge on any atom is 0.261 e. The molecule has 0 aliphatic carbocycles. The summed E-state index contributed by atoms with van der Waals surface area (Å²) >= 11 is 0. The van der Waals surface area contributed by atoms with Gasteiger partial charge < -0.3 is 10.2 Å². The Hall–Kier alpha value is -2.87. The van der Waals surface area contributed by atoms with Gasteiger partial charge in [-0.3, -0.25) is 14.5 Å². The molecule has 3 rings (SSSR count). The van der Waals surface area contributed by atoms with E-state index in [0.29, 0.717) is 44.2 Å². The van der Waals surface area contributed by atoms with E-state index in [2.05, 4.69) is 5.32 Å². The first-order valence-electron chi connectivity index (χ1n) is 9.39. The number of amides is 2. The molecule has 2 aromatic rings. The number of carbonyl (C=O) groups excluding carboxylic acids is 2. The number of nitrogens with zero attached hydrogens (tertiary/aromatic N) is 2. The van der Waals surface area contributed by atoms with E-state index >= 15 is 0 Å². The van der Waals surface area contributed by atoms with Gasteiger partial charge in [0.2, 0.25) is 12.1 Å². The Morgan fingerprint density at radius 2 is 1.76 bits per heavy atom. The zero-order valence-electron chi connectivity index (χ0n) is 15.8. The van der Waals surface area contributed by atoms with E-state index in [9.17, 15) is 22.8 Å². The van der Waals surface area contributed by atoms with E-state index in [0.717, 1.165) is 12.1 Å². The summed E-state index contributed by atoms with van der Waals surface area (Å²) in [7, 11) is 0. The number of alkyl halides is 1. The summed E-state index contributed by atoms with van der Waals surface area (Å²) < 4.78 is 41.1. The highest BCUT2D eigenvalue weighted by molar-refractivity contribution is 5.92.